The predicted octanol–water partition coefficient (Wildman–Crippen LogP) is 3.41. The lowest BCUT2D eigenvalue weighted by atomic mass is 9.93. The van der Waals surface area contributed by atoms with Crippen molar-refractivity contribution >= 4 is 22.6 Å². The molecule has 2 aromatic carbocycles. The molecule has 27 heavy (non-hydrogen) atoms. The zero-order valence-electron chi connectivity index (χ0n) is 15.6. The number of fused-ring (bicyclic) bond motifs is 1. The maximum Gasteiger partial charge on any atom is 0.257 e. The number of nitrogens with zero attached hydrogens (tertiary/aromatic N) is 2. The van der Waals surface area contributed by atoms with E-state index < -0.39 is 0 Å². The number of hydrogen-bond donors (Lipinski definition) is 1. The second-order valence-corrected chi connectivity index (χ2v) is 7.67. The number of benzene rings is 2. The molecule has 5 nitrogen and oxygen atoms in total. The average molecular weight is 366 g/mol. The fourth-order valence-electron chi connectivity index (χ4n) is 4.27. The van der Waals surface area contributed by atoms with E-state index in [1.165, 1.54) is 6.42 Å². The summed E-state index contributed by atoms with van der Waals surface area (Å²) in [5, 5.41) is 12.2. The third-order valence-corrected chi connectivity index (χ3v) is 5.89. The first-order chi connectivity index (χ1) is 13.1. The molecule has 2 fully saturated rings. The van der Waals surface area contributed by atoms with Gasteiger partial charge in [-0.3, -0.25) is 9.59 Å². The van der Waals surface area contributed by atoms with Crippen LogP contribution in [0.5, 0.6) is 5.75 Å². The Labute approximate surface area is 159 Å². The minimum Gasteiger partial charge on any atom is -0.507 e. The van der Waals surface area contributed by atoms with E-state index in [9.17, 15) is 14.7 Å². The second-order valence-electron chi connectivity index (χ2n) is 7.67. The van der Waals surface area contributed by atoms with Crippen molar-refractivity contribution in [1.82, 2.24) is 9.80 Å². The quantitative estimate of drug-likeness (QED) is 0.886. The SMILES string of the molecule is O=C(c1cc2ccccc2cc1O)N1CCC(C(=O)N2CCCCC2)CC1. The van der Waals surface area contributed by atoms with E-state index in [0.717, 1.165) is 36.7 Å². The summed E-state index contributed by atoms with van der Waals surface area (Å²) in [4.78, 5) is 29.4. The molecule has 4 rings (SSSR count). The zero-order chi connectivity index (χ0) is 18.8. The number of likely N-dealkylation sites (tertiary alicyclic amines) is 2. The Morgan fingerprint density at radius 3 is 2.15 bits per heavy atom. The topological polar surface area (TPSA) is 60.9 Å². The molecule has 5 heteroatoms. The molecule has 0 unspecified atom stereocenters. The summed E-state index contributed by atoms with van der Waals surface area (Å²) in [5.74, 6) is 0.153. The molecule has 2 heterocycles. The molecule has 0 saturated carbocycles. The number of phenolic OH excluding ortho intramolecular Hbond substituents is 1. The average Bonchev–Trinajstić information content (AvgIpc) is 2.73. The van der Waals surface area contributed by atoms with Crippen molar-refractivity contribution in [3.05, 3.63) is 42.0 Å². The van der Waals surface area contributed by atoms with Crippen LogP contribution in [0.15, 0.2) is 36.4 Å². The molecule has 2 amide bonds. The van der Waals surface area contributed by atoms with Crippen LogP contribution < -0.4 is 0 Å². The van der Waals surface area contributed by atoms with Gasteiger partial charge >= 0.3 is 0 Å². The molecule has 0 atom stereocenters. The van der Waals surface area contributed by atoms with Crippen LogP contribution in [-0.4, -0.2) is 52.9 Å². The standard InChI is InChI=1S/C22H26N2O3/c25-20-15-18-7-3-2-6-17(18)14-19(20)22(27)24-12-8-16(9-13-24)21(26)23-10-4-1-5-11-23/h2-3,6-7,14-16,25H,1,4-5,8-13H2. The maximum atomic E-state index is 12.9. The van der Waals surface area contributed by atoms with Crippen molar-refractivity contribution in [3.8, 4) is 5.75 Å². The lowest BCUT2D eigenvalue weighted by molar-refractivity contribution is -0.137. The summed E-state index contributed by atoms with van der Waals surface area (Å²) in [6.07, 6.45) is 4.82. The van der Waals surface area contributed by atoms with Gasteiger partial charge in [0, 0.05) is 32.1 Å². The molecule has 142 valence electrons. The normalized spacial score (nSPS) is 18.7. The van der Waals surface area contributed by atoms with Gasteiger partial charge in [0.15, 0.2) is 0 Å². The van der Waals surface area contributed by atoms with Crippen LogP contribution in [0, 0.1) is 5.92 Å². The first-order valence-electron chi connectivity index (χ1n) is 9.93. The largest absolute Gasteiger partial charge is 0.507 e. The Kier molecular flexibility index (Phi) is 5.01. The Morgan fingerprint density at radius 1 is 0.852 bits per heavy atom. The van der Waals surface area contributed by atoms with Crippen molar-refractivity contribution in [2.24, 2.45) is 5.92 Å². The summed E-state index contributed by atoms with van der Waals surface area (Å²) in [5.41, 5.74) is 0.342. The monoisotopic (exact) mass is 366 g/mol. The molecule has 2 aromatic rings. The fourth-order valence-corrected chi connectivity index (χ4v) is 4.27. The minimum atomic E-state index is -0.151. The van der Waals surface area contributed by atoms with Gasteiger partial charge in [0.2, 0.25) is 5.91 Å². The fraction of sp³-hybridized carbons (Fsp3) is 0.455. The van der Waals surface area contributed by atoms with Gasteiger partial charge in [-0.1, -0.05) is 24.3 Å². The second kappa shape index (κ2) is 7.59. The van der Waals surface area contributed by atoms with Gasteiger partial charge in [0.05, 0.1) is 5.56 Å². The van der Waals surface area contributed by atoms with E-state index in [2.05, 4.69) is 0 Å². The molecule has 0 aromatic heterocycles. The van der Waals surface area contributed by atoms with Crippen molar-refractivity contribution in [1.29, 1.82) is 0 Å². The van der Waals surface area contributed by atoms with Crippen molar-refractivity contribution in [3.63, 3.8) is 0 Å². The Balaban J connectivity index is 1.43. The summed E-state index contributed by atoms with van der Waals surface area (Å²) in [6.45, 7) is 2.89. The van der Waals surface area contributed by atoms with Gasteiger partial charge in [-0.25, -0.2) is 0 Å². The van der Waals surface area contributed by atoms with Crippen molar-refractivity contribution < 1.29 is 14.7 Å². The van der Waals surface area contributed by atoms with E-state index >= 15 is 0 Å². The van der Waals surface area contributed by atoms with Gasteiger partial charge in [0.25, 0.3) is 5.91 Å². The Hall–Kier alpha value is -2.56. The lowest BCUT2D eigenvalue weighted by Crippen LogP contribution is -2.45. The first kappa shape index (κ1) is 17.8. The molecule has 0 spiro atoms. The van der Waals surface area contributed by atoms with E-state index in [0.29, 0.717) is 31.5 Å². The van der Waals surface area contributed by atoms with Crippen LogP contribution in [0.4, 0.5) is 0 Å². The highest BCUT2D eigenvalue weighted by atomic mass is 16.3. The molecule has 0 radical (unpaired) electrons. The van der Waals surface area contributed by atoms with E-state index in [-0.39, 0.29) is 23.5 Å². The predicted molar refractivity (Wildman–Crippen MR) is 105 cm³/mol. The van der Waals surface area contributed by atoms with Gasteiger partial charge in [0.1, 0.15) is 5.75 Å². The summed E-state index contributed by atoms with van der Waals surface area (Å²) < 4.78 is 0. The molecule has 2 aliphatic heterocycles. The number of aromatic hydroxyl groups is 1. The van der Waals surface area contributed by atoms with Gasteiger partial charge in [-0.15, -0.1) is 0 Å². The van der Waals surface area contributed by atoms with E-state index in [1.807, 2.05) is 29.2 Å². The van der Waals surface area contributed by atoms with Crippen LogP contribution >= 0.6 is 0 Å². The number of piperidine rings is 2. The highest BCUT2D eigenvalue weighted by molar-refractivity contribution is 6.01. The van der Waals surface area contributed by atoms with Gasteiger partial charge in [-0.2, -0.15) is 0 Å². The number of carbonyl (C=O) groups is 2. The highest BCUT2D eigenvalue weighted by Gasteiger charge is 2.31. The van der Waals surface area contributed by atoms with E-state index in [4.69, 9.17) is 0 Å². The molecule has 0 bridgehead atoms. The number of carbonyl (C=O) groups excluding carboxylic acids is 2. The third kappa shape index (κ3) is 3.64. The van der Waals surface area contributed by atoms with Crippen molar-refractivity contribution in [2.75, 3.05) is 26.2 Å². The molecule has 0 aliphatic carbocycles. The van der Waals surface area contributed by atoms with Crippen LogP contribution in [0.3, 0.4) is 0 Å². The van der Waals surface area contributed by atoms with Gasteiger partial charge in [-0.05, 0) is 55.0 Å². The zero-order valence-corrected chi connectivity index (χ0v) is 15.6. The van der Waals surface area contributed by atoms with Crippen LogP contribution in [0.1, 0.15) is 42.5 Å². The highest BCUT2D eigenvalue weighted by Crippen LogP contribution is 2.28. The Morgan fingerprint density at radius 2 is 1.48 bits per heavy atom. The van der Waals surface area contributed by atoms with Crippen LogP contribution in [0.25, 0.3) is 10.8 Å². The van der Waals surface area contributed by atoms with Crippen LogP contribution in [-0.2, 0) is 4.79 Å². The molecular weight excluding hydrogens is 340 g/mol. The van der Waals surface area contributed by atoms with Crippen molar-refractivity contribution in [2.45, 2.75) is 32.1 Å². The van der Waals surface area contributed by atoms with E-state index in [1.54, 1.807) is 17.0 Å². The smallest absolute Gasteiger partial charge is 0.257 e. The number of amides is 2. The minimum absolute atomic E-state index is 0.0187. The Bertz CT molecular complexity index is 850. The maximum absolute atomic E-state index is 12.9. The number of rotatable bonds is 2. The first-order valence-corrected chi connectivity index (χ1v) is 9.93. The summed E-state index contributed by atoms with van der Waals surface area (Å²) >= 11 is 0. The number of phenols is 1. The molecule has 1 N–H and O–H groups in total. The molecule has 2 saturated heterocycles. The summed E-state index contributed by atoms with van der Waals surface area (Å²) in [6, 6.07) is 11.1. The number of hydrogen-bond acceptors (Lipinski definition) is 3. The molecular formula is C22H26N2O3. The molecule has 2 aliphatic rings. The summed E-state index contributed by atoms with van der Waals surface area (Å²) in [7, 11) is 0. The lowest BCUT2D eigenvalue weighted by Gasteiger charge is -2.35. The van der Waals surface area contributed by atoms with Gasteiger partial charge < -0.3 is 14.9 Å². The third-order valence-electron chi connectivity index (χ3n) is 5.89. The van der Waals surface area contributed by atoms with Crippen LogP contribution in [0.2, 0.25) is 0 Å².